The molecule has 2 heterocycles. The van der Waals surface area contributed by atoms with Gasteiger partial charge in [0.1, 0.15) is 0 Å². The second-order valence-corrected chi connectivity index (χ2v) is 7.72. The largest absolute Gasteiger partial charge is 0.353 e. The van der Waals surface area contributed by atoms with Gasteiger partial charge in [-0.05, 0) is 49.9 Å². The van der Waals surface area contributed by atoms with Crippen molar-refractivity contribution in [3.63, 3.8) is 0 Å². The third-order valence-corrected chi connectivity index (χ3v) is 5.66. The summed E-state index contributed by atoms with van der Waals surface area (Å²) in [6.07, 6.45) is 4.50. The van der Waals surface area contributed by atoms with Gasteiger partial charge in [-0.15, -0.1) is 24.2 Å². The van der Waals surface area contributed by atoms with Crippen LogP contribution in [0.25, 0.3) is 0 Å². The van der Waals surface area contributed by atoms with Crippen LogP contribution in [0.5, 0.6) is 0 Å². The monoisotopic (exact) mass is 388 g/mol. The molecular weight excluding hydrogens is 367 g/mol. The summed E-state index contributed by atoms with van der Waals surface area (Å²) in [7, 11) is 0. The molecule has 24 heavy (non-hydrogen) atoms. The van der Waals surface area contributed by atoms with E-state index in [0.29, 0.717) is 34.2 Å². The highest BCUT2D eigenvalue weighted by atomic mass is 35.5. The molecule has 2 unspecified atom stereocenters. The van der Waals surface area contributed by atoms with E-state index >= 15 is 0 Å². The van der Waals surface area contributed by atoms with Gasteiger partial charge in [0, 0.05) is 28.7 Å². The molecule has 2 aliphatic heterocycles. The van der Waals surface area contributed by atoms with Crippen molar-refractivity contribution < 1.29 is 9.59 Å². The molecule has 2 saturated heterocycles. The number of ketones is 1. The number of piperidine rings is 1. The first-order valence-corrected chi connectivity index (χ1v) is 9.55. The molecule has 0 aromatic heterocycles. The number of thioether (sulfide) groups is 1. The Morgan fingerprint density at radius 1 is 1.12 bits per heavy atom. The molecule has 4 nitrogen and oxygen atoms in total. The van der Waals surface area contributed by atoms with E-state index in [1.165, 1.54) is 24.6 Å². The van der Waals surface area contributed by atoms with Gasteiger partial charge in [0.05, 0.1) is 11.5 Å². The fourth-order valence-electron chi connectivity index (χ4n) is 3.40. The summed E-state index contributed by atoms with van der Waals surface area (Å²) in [5, 5.41) is 7.29. The lowest BCUT2D eigenvalue weighted by atomic mass is 10.00. The Morgan fingerprint density at radius 3 is 2.38 bits per heavy atom. The lowest BCUT2D eigenvalue weighted by Gasteiger charge is -2.29. The molecule has 7 heteroatoms. The molecule has 2 fully saturated rings. The Hall–Kier alpha value is -0.750. The topological polar surface area (TPSA) is 58.2 Å². The van der Waals surface area contributed by atoms with Crippen LogP contribution >= 0.6 is 35.8 Å². The summed E-state index contributed by atoms with van der Waals surface area (Å²) >= 11 is 7.17. The minimum Gasteiger partial charge on any atom is -0.353 e. The number of hydrogen-bond acceptors (Lipinski definition) is 4. The summed E-state index contributed by atoms with van der Waals surface area (Å²) in [5.41, 5.74) is 0.636. The number of benzene rings is 1. The van der Waals surface area contributed by atoms with E-state index < -0.39 is 0 Å². The van der Waals surface area contributed by atoms with Crippen LogP contribution in [0.1, 0.15) is 36.0 Å². The average Bonchev–Trinajstić information content (AvgIpc) is 2.86. The highest BCUT2D eigenvalue weighted by molar-refractivity contribution is 8.00. The maximum atomic E-state index is 12.0. The van der Waals surface area contributed by atoms with Crippen LogP contribution in [-0.2, 0) is 4.79 Å². The Labute approximate surface area is 157 Å². The Kier molecular flexibility index (Phi) is 7.41. The van der Waals surface area contributed by atoms with Gasteiger partial charge in [0.2, 0.25) is 5.91 Å². The molecule has 0 aliphatic carbocycles. The molecule has 0 radical (unpaired) electrons. The van der Waals surface area contributed by atoms with Gasteiger partial charge in [-0.2, -0.15) is 0 Å². The zero-order valence-electron chi connectivity index (χ0n) is 13.3. The van der Waals surface area contributed by atoms with Gasteiger partial charge in [-0.25, -0.2) is 0 Å². The molecule has 1 aromatic rings. The minimum atomic E-state index is 0. The van der Waals surface area contributed by atoms with Crippen LogP contribution in [0, 0.1) is 0 Å². The third-order valence-electron chi connectivity index (χ3n) is 4.47. The second kappa shape index (κ2) is 9.09. The molecule has 2 atom stereocenters. The average molecular weight is 389 g/mol. The lowest BCUT2D eigenvalue weighted by molar-refractivity contribution is -0.119. The van der Waals surface area contributed by atoms with Crippen molar-refractivity contribution >= 4 is 47.5 Å². The predicted molar refractivity (Wildman–Crippen MR) is 101 cm³/mol. The van der Waals surface area contributed by atoms with Crippen LogP contribution in [0.3, 0.4) is 0 Å². The number of hydrogen-bond donors (Lipinski definition) is 2. The van der Waals surface area contributed by atoms with Gasteiger partial charge in [-0.3, -0.25) is 9.59 Å². The molecule has 0 saturated carbocycles. The summed E-state index contributed by atoms with van der Waals surface area (Å²) in [6, 6.07) is 8.27. The first kappa shape index (κ1) is 19.6. The van der Waals surface area contributed by atoms with Gasteiger partial charge in [-0.1, -0.05) is 11.6 Å². The van der Waals surface area contributed by atoms with E-state index in [-0.39, 0.29) is 30.1 Å². The summed E-state index contributed by atoms with van der Waals surface area (Å²) < 4.78 is 0. The standard InChI is InChI=1S/C17H21ClN2O2S.ClH/c18-12-3-1-11(2-4-12)16(21)9-23-10-17(22)20-15-7-13-5-6-14(8-15)19-13;/h1-4,13-15,19H,5-10H2,(H,20,22);1H. The fourth-order valence-corrected chi connectivity index (χ4v) is 4.25. The molecule has 1 aromatic carbocycles. The molecule has 2 N–H and O–H groups in total. The van der Waals surface area contributed by atoms with Crippen molar-refractivity contribution in [2.24, 2.45) is 0 Å². The first-order valence-electron chi connectivity index (χ1n) is 8.02. The third kappa shape index (κ3) is 5.38. The van der Waals surface area contributed by atoms with Gasteiger partial charge in [0.25, 0.3) is 0 Å². The Bertz CT molecular complexity index is 570. The number of carbonyl (C=O) groups excluding carboxylic acids is 2. The molecule has 2 aliphatic rings. The van der Waals surface area contributed by atoms with Crippen LogP contribution in [0.4, 0.5) is 0 Å². The zero-order valence-corrected chi connectivity index (χ0v) is 15.7. The van der Waals surface area contributed by atoms with Crippen molar-refractivity contribution in [2.45, 2.75) is 43.8 Å². The number of rotatable bonds is 6. The highest BCUT2D eigenvalue weighted by Gasteiger charge is 2.33. The van der Waals surface area contributed by atoms with Crippen LogP contribution in [0.15, 0.2) is 24.3 Å². The van der Waals surface area contributed by atoms with Crippen molar-refractivity contribution in [2.75, 3.05) is 11.5 Å². The smallest absolute Gasteiger partial charge is 0.230 e. The van der Waals surface area contributed by atoms with Crippen LogP contribution in [-0.4, -0.2) is 41.3 Å². The van der Waals surface area contributed by atoms with Gasteiger partial charge >= 0.3 is 0 Å². The van der Waals surface area contributed by atoms with Crippen molar-refractivity contribution in [1.29, 1.82) is 0 Å². The number of amides is 1. The maximum absolute atomic E-state index is 12.0. The van der Waals surface area contributed by atoms with Crippen molar-refractivity contribution in [3.05, 3.63) is 34.9 Å². The number of nitrogens with one attached hydrogen (secondary N) is 2. The Morgan fingerprint density at radius 2 is 1.75 bits per heavy atom. The van der Waals surface area contributed by atoms with Gasteiger partial charge < -0.3 is 10.6 Å². The van der Waals surface area contributed by atoms with Crippen molar-refractivity contribution in [3.8, 4) is 0 Å². The summed E-state index contributed by atoms with van der Waals surface area (Å²) in [4.78, 5) is 24.0. The number of carbonyl (C=O) groups is 2. The first-order chi connectivity index (χ1) is 11.1. The Balaban J connectivity index is 0.00000208. The van der Waals surface area contributed by atoms with E-state index in [1.807, 2.05) is 0 Å². The lowest BCUT2D eigenvalue weighted by Crippen LogP contribution is -2.48. The van der Waals surface area contributed by atoms with E-state index in [2.05, 4.69) is 10.6 Å². The molecule has 3 rings (SSSR count). The number of fused-ring (bicyclic) bond motifs is 2. The molecule has 0 spiro atoms. The second-order valence-electron chi connectivity index (χ2n) is 6.30. The quantitative estimate of drug-likeness (QED) is 0.735. The molecule has 2 bridgehead atoms. The predicted octanol–water partition coefficient (Wildman–Crippen LogP) is 3.08. The summed E-state index contributed by atoms with van der Waals surface area (Å²) in [5.74, 6) is 0.704. The van der Waals surface area contributed by atoms with E-state index in [9.17, 15) is 9.59 Å². The molecule has 132 valence electrons. The van der Waals surface area contributed by atoms with E-state index in [0.717, 1.165) is 12.8 Å². The fraction of sp³-hybridized carbons (Fsp3) is 0.529. The zero-order chi connectivity index (χ0) is 16.2. The normalized spacial score (nSPS) is 25.0. The highest BCUT2D eigenvalue weighted by Crippen LogP contribution is 2.26. The SMILES string of the molecule is Cl.O=C(CSCC(=O)c1ccc(Cl)cc1)NC1CC2CCC(C1)N2. The molecular formula is C17H22Cl2N2O2S. The summed E-state index contributed by atoms with van der Waals surface area (Å²) in [6.45, 7) is 0. The van der Waals surface area contributed by atoms with Crippen molar-refractivity contribution in [1.82, 2.24) is 10.6 Å². The van der Waals surface area contributed by atoms with E-state index in [4.69, 9.17) is 11.6 Å². The molecule has 1 amide bonds. The maximum Gasteiger partial charge on any atom is 0.230 e. The van der Waals surface area contributed by atoms with Crippen LogP contribution < -0.4 is 10.6 Å². The number of halogens is 2. The van der Waals surface area contributed by atoms with Gasteiger partial charge in [0.15, 0.2) is 5.78 Å². The number of Topliss-reactive ketones (excluding diaryl/α,β-unsaturated/α-hetero) is 1. The van der Waals surface area contributed by atoms with Crippen LogP contribution in [0.2, 0.25) is 5.02 Å². The minimum absolute atomic E-state index is 0. The van der Waals surface area contributed by atoms with E-state index in [1.54, 1.807) is 24.3 Å².